The zero-order valence-corrected chi connectivity index (χ0v) is 26.8. The van der Waals surface area contributed by atoms with E-state index in [9.17, 15) is 0 Å². The van der Waals surface area contributed by atoms with Gasteiger partial charge in [-0.25, -0.2) is 4.98 Å². The van der Waals surface area contributed by atoms with Crippen molar-refractivity contribution in [2.75, 3.05) is 52.9 Å². The quantitative estimate of drug-likeness (QED) is 0.189. The van der Waals surface area contributed by atoms with Crippen LogP contribution >= 0.6 is 12.2 Å². The van der Waals surface area contributed by atoms with E-state index < -0.39 is 0 Å². The van der Waals surface area contributed by atoms with Crippen molar-refractivity contribution in [2.24, 2.45) is 0 Å². The molecule has 43 heavy (non-hydrogen) atoms. The molecule has 4 aromatic rings. The summed E-state index contributed by atoms with van der Waals surface area (Å²) in [5, 5.41) is 8.47. The van der Waals surface area contributed by atoms with E-state index in [0.29, 0.717) is 88.1 Å². The number of thiocarbonyl (C=S) groups is 1. The van der Waals surface area contributed by atoms with Gasteiger partial charge in [-0.2, -0.15) is 5.16 Å². The third kappa shape index (κ3) is 11.7. The number of ether oxygens (including phenoxy) is 6. The van der Waals surface area contributed by atoms with Gasteiger partial charge in [0, 0.05) is 24.5 Å². The van der Waals surface area contributed by atoms with E-state index in [1.54, 1.807) is 12.4 Å². The second-order valence-electron chi connectivity index (χ2n) is 8.70. The van der Waals surface area contributed by atoms with Gasteiger partial charge in [0.1, 0.15) is 25.6 Å². The first-order valence-electron chi connectivity index (χ1n) is 13.4. The summed E-state index contributed by atoms with van der Waals surface area (Å²) in [7, 11) is 0. The molecule has 218 valence electrons. The van der Waals surface area contributed by atoms with Gasteiger partial charge >= 0.3 is 29.6 Å². The van der Waals surface area contributed by atoms with Crippen molar-refractivity contribution in [1.29, 1.82) is 0 Å². The fraction of sp³-hybridized carbons (Fsp3) is 0.290. The molecule has 0 bridgehead atoms. The van der Waals surface area contributed by atoms with Gasteiger partial charge in [-0.1, -0.05) is 30.4 Å². The van der Waals surface area contributed by atoms with Gasteiger partial charge in [0.05, 0.1) is 62.4 Å². The van der Waals surface area contributed by atoms with Crippen LogP contribution in [-0.2, 0) is 20.8 Å². The van der Waals surface area contributed by atoms with Crippen LogP contribution < -0.4 is 43.8 Å². The summed E-state index contributed by atoms with van der Waals surface area (Å²) < 4.78 is 34.7. The second kappa shape index (κ2) is 19.8. The van der Waals surface area contributed by atoms with Crippen molar-refractivity contribution in [2.45, 2.75) is 6.61 Å². The zero-order chi connectivity index (χ0) is 29.2. The number of pyridine rings is 3. The van der Waals surface area contributed by atoms with Crippen molar-refractivity contribution in [3.05, 3.63) is 90.1 Å². The molecule has 10 nitrogen and oxygen atoms in total. The standard InChI is InChI=1S/C30H31N3O6.CNS.Na/c1-3-9-31-25(5-1)27-20-24(21-28(33-27)26-6-2-4-10-32-26)39-22-23-7-8-29-30(19-23)38-18-16-36-14-12-34-11-13-35-15-17-37-29;2-1-3;/h1-10,19-21H,11-18,22H2;;/q;-1;+1. The molecule has 0 atom stereocenters. The fourth-order valence-corrected chi connectivity index (χ4v) is 3.88. The number of nitrogens with zero attached hydrogens (tertiary/aromatic N) is 4. The number of aromatic nitrogens is 3. The summed E-state index contributed by atoms with van der Waals surface area (Å²) in [5.41, 5.74) is 3.85. The summed E-state index contributed by atoms with van der Waals surface area (Å²) in [6, 6.07) is 21.0. The molecular weight excluding hydrogens is 579 g/mol. The predicted molar refractivity (Wildman–Crippen MR) is 161 cm³/mol. The SMILES string of the molecule is [N-]=C=S.[Na+].c1ccc(-c2cc(OCc3ccc4c(c3)OCCOCCOCCOCCO4)cc(-c3ccccn3)n2)nc1. The van der Waals surface area contributed by atoms with Crippen LogP contribution in [0.1, 0.15) is 5.56 Å². The summed E-state index contributed by atoms with van der Waals surface area (Å²) in [5.74, 6) is 1.93. The van der Waals surface area contributed by atoms with Gasteiger partial charge in [-0.15, -0.1) is 0 Å². The zero-order valence-electron chi connectivity index (χ0n) is 24.0. The first kappa shape index (κ1) is 34.2. The molecule has 0 radical (unpaired) electrons. The summed E-state index contributed by atoms with van der Waals surface area (Å²) >= 11 is 3.70. The molecule has 5 rings (SSSR count). The van der Waals surface area contributed by atoms with Crippen molar-refractivity contribution in [3.63, 3.8) is 0 Å². The molecule has 4 heterocycles. The van der Waals surface area contributed by atoms with Gasteiger partial charge in [0.2, 0.25) is 0 Å². The van der Waals surface area contributed by atoms with E-state index in [0.717, 1.165) is 17.0 Å². The van der Waals surface area contributed by atoms with Gasteiger partial charge in [0.25, 0.3) is 0 Å². The van der Waals surface area contributed by atoms with Crippen molar-refractivity contribution < 1.29 is 58.0 Å². The number of hydrogen-bond donors (Lipinski definition) is 0. The Hall–Kier alpha value is -3.25. The maximum absolute atomic E-state index is 7.13. The normalized spacial score (nSPS) is 13.9. The van der Waals surface area contributed by atoms with Gasteiger partial charge in [0.15, 0.2) is 11.5 Å². The average molecular weight is 611 g/mol. The van der Waals surface area contributed by atoms with E-state index in [1.807, 2.05) is 66.7 Å². The molecule has 0 fully saturated rings. The fourth-order valence-electron chi connectivity index (χ4n) is 3.88. The predicted octanol–water partition coefficient (Wildman–Crippen LogP) is 2.27. The third-order valence-corrected chi connectivity index (χ3v) is 5.78. The van der Waals surface area contributed by atoms with Crippen molar-refractivity contribution >= 4 is 17.4 Å². The largest absolute Gasteiger partial charge is 1.00 e. The molecule has 1 aliphatic heterocycles. The van der Waals surface area contributed by atoms with Crippen molar-refractivity contribution in [3.8, 4) is 40.0 Å². The van der Waals surface area contributed by atoms with Crippen LogP contribution in [0.15, 0.2) is 79.1 Å². The molecule has 1 aromatic carbocycles. The van der Waals surface area contributed by atoms with Crippen LogP contribution in [0.5, 0.6) is 17.2 Å². The van der Waals surface area contributed by atoms with Crippen LogP contribution in [0.25, 0.3) is 28.2 Å². The Balaban J connectivity index is 0.00000121. The smallest absolute Gasteiger partial charge is 0.753 e. The molecule has 3 aromatic heterocycles. The Morgan fingerprint density at radius 1 is 0.674 bits per heavy atom. The molecule has 1 aliphatic rings. The molecule has 0 saturated heterocycles. The van der Waals surface area contributed by atoms with Crippen molar-refractivity contribution in [1.82, 2.24) is 15.0 Å². The minimum atomic E-state index is 0. The average Bonchev–Trinajstić information content (AvgIpc) is 3.04. The Labute approximate surface area is 278 Å². The maximum atomic E-state index is 7.13. The Morgan fingerprint density at radius 3 is 1.70 bits per heavy atom. The molecule has 12 heteroatoms. The van der Waals surface area contributed by atoms with Gasteiger partial charge in [-0.05, 0) is 42.0 Å². The summed E-state index contributed by atoms with van der Waals surface area (Å²) in [6.07, 6.45) is 3.49. The first-order chi connectivity index (χ1) is 20.8. The van der Waals surface area contributed by atoms with Gasteiger partial charge < -0.3 is 33.8 Å². The number of isothiocyanates is 1. The first-order valence-corrected chi connectivity index (χ1v) is 13.8. The van der Waals surface area contributed by atoms with Crippen LogP contribution in [0.3, 0.4) is 0 Å². The monoisotopic (exact) mass is 610 g/mol. The molecule has 0 amide bonds. The minimum absolute atomic E-state index is 0. The third-order valence-electron chi connectivity index (χ3n) is 5.78. The van der Waals surface area contributed by atoms with E-state index >= 15 is 0 Å². The molecule has 0 spiro atoms. The second-order valence-corrected chi connectivity index (χ2v) is 8.88. The van der Waals surface area contributed by atoms with E-state index in [-0.39, 0.29) is 29.6 Å². The topological polar surface area (TPSA) is 116 Å². The Bertz CT molecular complexity index is 1350. The molecule has 0 aliphatic carbocycles. The maximum Gasteiger partial charge on any atom is 1.00 e. The molecular formula is C31H31N4NaO6S. The number of fused-ring (bicyclic) bond motifs is 1. The van der Waals surface area contributed by atoms with Crippen LogP contribution in [0.4, 0.5) is 0 Å². The minimum Gasteiger partial charge on any atom is -0.753 e. The van der Waals surface area contributed by atoms with Gasteiger partial charge in [-0.3, -0.25) is 9.97 Å². The molecule has 0 saturated carbocycles. The summed E-state index contributed by atoms with van der Waals surface area (Å²) in [6.45, 7) is 4.11. The number of hydrogen-bond acceptors (Lipinski definition) is 10. The van der Waals surface area contributed by atoms with E-state index in [2.05, 4.69) is 22.2 Å². The van der Waals surface area contributed by atoms with E-state index in [1.165, 1.54) is 5.16 Å². The Morgan fingerprint density at radius 2 is 1.19 bits per heavy atom. The van der Waals surface area contributed by atoms with Crippen LogP contribution in [0.2, 0.25) is 0 Å². The molecule has 0 unspecified atom stereocenters. The Kier molecular flexibility index (Phi) is 15.8. The van der Waals surface area contributed by atoms with E-state index in [4.69, 9.17) is 38.8 Å². The number of benzene rings is 1. The molecule has 0 N–H and O–H groups in total. The van der Waals surface area contributed by atoms with Crippen LogP contribution in [0, 0.1) is 0 Å². The van der Waals surface area contributed by atoms with Crippen LogP contribution in [-0.4, -0.2) is 73.0 Å². The number of rotatable bonds is 5. The summed E-state index contributed by atoms with van der Waals surface area (Å²) in [4.78, 5) is 13.7.